The SMILES string of the molecule is CN1CCCC(N(C)C(=O)C2CCC(O)CC2)C1. The number of likely N-dealkylation sites (tertiary alicyclic amines) is 1. The molecule has 104 valence electrons. The topological polar surface area (TPSA) is 43.8 Å². The van der Waals surface area contributed by atoms with E-state index in [4.69, 9.17) is 0 Å². The number of nitrogens with zero attached hydrogens (tertiary/aromatic N) is 2. The van der Waals surface area contributed by atoms with Crippen LogP contribution in [0.1, 0.15) is 38.5 Å². The summed E-state index contributed by atoms with van der Waals surface area (Å²) in [7, 11) is 4.08. The molecule has 1 saturated carbocycles. The fraction of sp³-hybridized carbons (Fsp3) is 0.929. The zero-order chi connectivity index (χ0) is 13.1. The summed E-state index contributed by atoms with van der Waals surface area (Å²) in [6.07, 6.45) is 5.41. The van der Waals surface area contributed by atoms with Crippen LogP contribution in [0.3, 0.4) is 0 Å². The van der Waals surface area contributed by atoms with Crippen molar-refractivity contribution in [3.05, 3.63) is 0 Å². The van der Waals surface area contributed by atoms with Crippen LogP contribution in [-0.4, -0.2) is 60.1 Å². The number of carbonyl (C=O) groups is 1. The van der Waals surface area contributed by atoms with Gasteiger partial charge in [-0.15, -0.1) is 0 Å². The van der Waals surface area contributed by atoms with Gasteiger partial charge in [0, 0.05) is 25.6 Å². The minimum Gasteiger partial charge on any atom is -0.393 e. The average molecular weight is 254 g/mol. The fourth-order valence-electron chi connectivity index (χ4n) is 3.25. The molecule has 0 bridgehead atoms. The van der Waals surface area contributed by atoms with Crippen LogP contribution in [0.15, 0.2) is 0 Å². The zero-order valence-corrected chi connectivity index (χ0v) is 11.6. The van der Waals surface area contributed by atoms with Crippen LogP contribution in [0, 0.1) is 5.92 Å². The van der Waals surface area contributed by atoms with E-state index in [1.54, 1.807) is 0 Å². The largest absolute Gasteiger partial charge is 0.393 e. The molecule has 1 aliphatic carbocycles. The van der Waals surface area contributed by atoms with Crippen LogP contribution in [-0.2, 0) is 4.79 Å². The molecule has 1 unspecified atom stereocenters. The Morgan fingerprint density at radius 1 is 1.22 bits per heavy atom. The number of carbonyl (C=O) groups excluding carboxylic acids is 1. The highest BCUT2D eigenvalue weighted by molar-refractivity contribution is 5.79. The number of aliphatic hydroxyl groups excluding tert-OH is 1. The third-order valence-corrected chi connectivity index (χ3v) is 4.54. The van der Waals surface area contributed by atoms with E-state index >= 15 is 0 Å². The Balaban J connectivity index is 1.87. The number of rotatable bonds is 2. The van der Waals surface area contributed by atoms with Crippen molar-refractivity contribution in [2.24, 2.45) is 5.92 Å². The molecule has 2 aliphatic rings. The molecule has 1 atom stereocenters. The van der Waals surface area contributed by atoms with Crippen molar-refractivity contribution in [1.29, 1.82) is 0 Å². The van der Waals surface area contributed by atoms with Gasteiger partial charge in [0.15, 0.2) is 0 Å². The number of hydrogen-bond donors (Lipinski definition) is 1. The van der Waals surface area contributed by atoms with Crippen molar-refractivity contribution in [2.45, 2.75) is 50.7 Å². The minimum absolute atomic E-state index is 0.144. The lowest BCUT2D eigenvalue weighted by Crippen LogP contribution is -2.49. The first-order chi connectivity index (χ1) is 8.58. The van der Waals surface area contributed by atoms with E-state index in [-0.39, 0.29) is 12.0 Å². The first kappa shape index (κ1) is 13.8. The zero-order valence-electron chi connectivity index (χ0n) is 11.6. The normalized spacial score (nSPS) is 34.3. The quantitative estimate of drug-likeness (QED) is 0.802. The Kier molecular flexibility index (Phi) is 4.62. The number of aliphatic hydroxyl groups is 1. The molecule has 0 spiro atoms. The maximum Gasteiger partial charge on any atom is 0.225 e. The van der Waals surface area contributed by atoms with Gasteiger partial charge >= 0.3 is 0 Å². The summed E-state index contributed by atoms with van der Waals surface area (Å²) in [5.74, 6) is 0.438. The highest BCUT2D eigenvalue weighted by Gasteiger charge is 2.31. The van der Waals surface area contributed by atoms with Crippen LogP contribution >= 0.6 is 0 Å². The molecule has 0 aromatic carbocycles. The van der Waals surface area contributed by atoms with Crippen LogP contribution < -0.4 is 0 Å². The molecule has 1 N–H and O–H groups in total. The second-order valence-electron chi connectivity index (χ2n) is 6.01. The predicted molar refractivity (Wildman–Crippen MR) is 71.3 cm³/mol. The van der Waals surface area contributed by atoms with Gasteiger partial charge in [-0.1, -0.05) is 0 Å². The van der Waals surface area contributed by atoms with Gasteiger partial charge < -0.3 is 14.9 Å². The number of amides is 1. The van der Waals surface area contributed by atoms with E-state index in [0.29, 0.717) is 11.9 Å². The van der Waals surface area contributed by atoms with Crippen molar-refractivity contribution in [3.63, 3.8) is 0 Å². The second kappa shape index (κ2) is 6.02. The summed E-state index contributed by atoms with van der Waals surface area (Å²) >= 11 is 0. The van der Waals surface area contributed by atoms with Gasteiger partial charge in [-0.25, -0.2) is 0 Å². The van der Waals surface area contributed by atoms with Gasteiger partial charge in [-0.05, 0) is 52.1 Å². The number of piperidine rings is 1. The molecule has 0 aromatic rings. The molecule has 1 aliphatic heterocycles. The fourth-order valence-corrected chi connectivity index (χ4v) is 3.25. The van der Waals surface area contributed by atoms with Crippen LogP contribution in [0.5, 0.6) is 0 Å². The predicted octanol–water partition coefficient (Wildman–Crippen LogP) is 1.09. The van der Waals surface area contributed by atoms with Gasteiger partial charge in [0.05, 0.1) is 6.10 Å². The Hall–Kier alpha value is -0.610. The molecule has 18 heavy (non-hydrogen) atoms. The molecule has 2 fully saturated rings. The maximum atomic E-state index is 12.4. The summed E-state index contributed by atoms with van der Waals surface area (Å²) in [5.41, 5.74) is 0. The molecule has 1 saturated heterocycles. The van der Waals surface area contributed by atoms with Crippen molar-refractivity contribution < 1.29 is 9.90 Å². The van der Waals surface area contributed by atoms with Crippen LogP contribution in [0.4, 0.5) is 0 Å². The number of hydrogen-bond acceptors (Lipinski definition) is 3. The van der Waals surface area contributed by atoms with E-state index in [0.717, 1.165) is 45.2 Å². The minimum atomic E-state index is -0.180. The third-order valence-electron chi connectivity index (χ3n) is 4.54. The molecular formula is C14H26N2O2. The van der Waals surface area contributed by atoms with Gasteiger partial charge in [0.2, 0.25) is 5.91 Å². The third kappa shape index (κ3) is 3.23. The standard InChI is InChI=1S/C14H26N2O2/c1-15-9-3-4-12(10-15)16(2)14(18)11-5-7-13(17)8-6-11/h11-13,17H,3-10H2,1-2H3. The molecule has 1 amide bonds. The van der Waals surface area contributed by atoms with E-state index in [9.17, 15) is 9.90 Å². The van der Waals surface area contributed by atoms with Crippen molar-refractivity contribution in [3.8, 4) is 0 Å². The summed E-state index contributed by atoms with van der Waals surface area (Å²) < 4.78 is 0. The number of likely N-dealkylation sites (N-methyl/N-ethyl adjacent to an activating group) is 2. The van der Waals surface area contributed by atoms with E-state index in [1.165, 1.54) is 6.42 Å². The molecule has 2 rings (SSSR count). The summed E-state index contributed by atoms with van der Waals surface area (Å²) in [6.45, 7) is 2.14. The highest BCUT2D eigenvalue weighted by atomic mass is 16.3. The average Bonchev–Trinajstić information content (AvgIpc) is 2.38. The molecule has 1 heterocycles. The van der Waals surface area contributed by atoms with Gasteiger partial charge in [-0.3, -0.25) is 4.79 Å². The summed E-state index contributed by atoms with van der Waals surface area (Å²) in [6, 6.07) is 0.378. The van der Waals surface area contributed by atoms with Crippen LogP contribution in [0.25, 0.3) is 0 Å². The monoisotopic (exact) mass is 254 g/mol. The lowest BCUT2D eigenvalue weighted by atomic mass is 9.86. The molecular weight excluding hydrogens is 228 g/mol. The van der Waals surface area contributed by atoms with Gasteiger partial charge in [0.25, 0.3) is 0 Å². The van der Waals surface area contributed by atoms with Crippen molar-refractivity contribution in [1.82, 2.24) is 9.80 Å². The lowest BCUT2D eigenvalue weighted by Gasteiger charge is -2.38. The Bertz CT molecular complexity index is 288. The molecule has 0 radical (unpaired) electrons. The van der Waals surface area contributed by atoms with E-state index in [1.807, 2.05) is 11.9 Å². The van der Waals surface area contributed by atoms with Crippen molar-refractivity contribution in [2.75, 3.05) is 27.2 Å². The van der Waals surface area contributed by atoms with Gasteiger partial charge in [-0.2, -0.15) is 0 Å². The Morgan fingerprint density at radius 3 is 2.50 bits per heavy atom. The smallest absolute Gasteiger partial charge is 0.225 e. The Labute approximate surface area is 110 Å². The van der Waals surface area contributed by atoms with Crippen molar-refractivity contribution >= 4 is 5.91 Å². The molecule has 4 nitrogen and oxygen atoms in total. The van der Waals surface area contributed by atoms with Crippen LogP contribution in [0.2, 0.25) is 0 Å². The maximum absolute atomic E-state index is 12.4. The lowest BCUT2D eigenvalue weighted by molar-refractivity contribution is -0.139. The van der Waals surface area contributed by atoms with Gasteiger partial charge in [0.1, 0.15) is 0 Å². The van der Waals surface area contributed by atoms with E-state index in [2.05, 4.69) is 11.9 Å². The first-order valence-corrected chi connectivity index (χ1v) is 7.21. The highest BCUT2D eigenvalue weighted by Crippen LogP contribution is 2.27. The second-order valence-corrected chi connectivity index (χ2v) is 6.01. The molecule has 0 aromatic heterocycles. The summed E-state index contributed by atoms with van der Waals surface area (Å²) in [4.78, 5) is 16.7. The first-order valence-electron chi connectivity index (χ1n) is 7.21. The Morgan fingerprint density at radius 2 is 1.89 bits per heavy atom. The molecule has 4 heteroatoms. The summed E-state index contributed by atoms with van der Waals surface area (Å²) in [5, 5.41) is 9.50. The van der Waals surface area contributed by atoms with E-state index < -0.39 is 0 Å².